The number of carboxylic acids is 1. The lowest BCUT2D eigenvalue weighted by Gasteiger charge is -2.36. The van der Waals surface area contributed by atoms with E-state index in [0.29, 0.717) is 23.0 Å². The first-order valence-electron chi connectivity index (χ1n) is 13.6. The summed E-state index contributed by atoms with van der Waals surface area (Å²) in [4.78, 5) is 22.9. The van der Waals surface area contributed by atoms with Gasteiger partial charge in [-0.15, -0.1) is 5.10 Å². The lowest BCUT2D eigenvalue weighted by molar-refractivity contribution is -0.245. The van der Waals surface area contributed by atoms with Gasteiger partial charge < -0.3 is 25.0 Å². The Morgan fingerprint density at radius 3 is 2.40 bits per heavy atom. The maximum absolute atomic E-state index is 12.2. The number of aromatic nitrogens is 4. The summed E-state index contributed by atoms with van der Waals surface area (Å²) in [6.07, 6.45) is -0.121. The van der Waals surface area contributed by atoms with Gasteiger partial charge in [-0.2, -0.15) is 4.68 Å². The van der Waals surface area contributed by atoms with Gasteiger partial charge in [-0.1, -0.05) is 66.4 Å². The van der Waals surface area contributed by atoms with Gasteiger partial charge in [0.2, 0.25) is 11.1 Å². The number of tetrazole rings is 1. The van der Waals surface area contributed by atoms with Crippen LogP contribution < -0.4 is 5.32 Å². The Hall–Kier alpha value is -4.10. The Bertz CT molecular complexity index is 1470. The highest BCUT2D eigenvalue weighted by Crippen LogP contribution is 2.39. The van der Waals surface area contributed by atoms with Crippen LogP contribution in [0.25, 0.3) is 5.69 Å². The molecule has 0 unspecified atom stereocenters. The molecule has 11 nitrogen and oxygen atoms in total. The minimum atomic E-state index is -0.922. The third-order valence-electron chi connectivity index (χ3n) is 6.72. The lowest BCUT2D eigenvalue weighted by Crippen LogP contribution is -2.31. The zero-order valence-corrected chi connectivity index (χ0v) is 23.5. The van der Waals surface area contributed by atoms with E-state index >= 15 is 0 Å². The van der Waals surface area contributed by atoms with E-state index in [1.807, 2.05) is 66.7 Å². The number of nitrogens with one attached hydrogen (secondary N) is 1. The standard InChI is InChI=1S/C30H31N5O6S/c36-18-20-9-11-21(12-10-20)26-17-25(19-42-30-32-33-34-35(30)24-5-2-1-3-6-24)40-29(41-26)22-13-15-23(16-14-22)31-27(37)7-4-8-28(38)39/h1-3,5-6,9-16,25-26,29,36H,4,7-8,17-19H2,(H,31,37)(H,38,39)/t25-,26+,29+/m1/s1. The molecule has 0 bridgehead atoms. The molecule has 0 spiro atoms. The van der Waals surface area contributed by atoms with Gasteiger partial charge in [-0.05, 0) is 52.2 Å². The number of hydrogen-bond acceptors (Lipinski definition) is 9. The van der Waals surface area contributed by atoms with Crippen LogP contribution in [0, 0.1) is 0 Å². The largest absolute Gasteiger partial charge is 0.481 e. The number of ether oxygens (including phenoxy) is 2. The second kappa shape index (κ2) is 14.2. The molecule has 5 rings (SSSR count). The number of hydrogen-bond donors (Lipinski definition) is 3. The van der Waals surface area contributed by atoms with E-state index in [1.165, 1.54) is 11.8 Å². The summed E-state index contributed by atoms with van der Waals surface area (Å²) >= 11 is 1.50. The maximum Gasteiger partial charge on any atom is 0.303 e. The molecular formula is C30H31N5O6S. The topological polar surface area (TPSA) is 149 Å². The number of para-hydroxylation sites is 1. The Morgan fingerprint density at radius 1 is 0.952 bits per heavy atom. The van der Waals surface area contributed by atoms with Crippen molar-refractivity contribution in [2.45, 2.75) is 55.9 Å². The molecule has 1 fully saturated rings. The Labute approximate surface area is 246 Å². The third-order valence-corrected chi connectivity index (χ3v) is 7.77. The Kier molecular flexibility index (Phi) is 9.93. The molecular weight excluding hydrogens is 558 g/mol. The summed E-state index contributed by atoms with van der Waals surface area (Å²) in [5.74, 6) is -0.577. The van der Waals surface area contributed by atoms with Crippen LogP contribution in [-0.4, -0.2) is 54.2 Å². The van der Waals surface area contributed by atoms with Gasteiger partial charge in [0.05, 0.1) is 24.5 Å². The number of carbonyl (C=O) groups is 2. The monoisotopic (exact) mass is 589 g/mol. The molecule has 12 heteroatoms. The molecule has 1 amide bonds. The lowest BCUT2D eigenvalue weighted by atomic mass is 10.0. The number of nitrogens with zero attached hydrogens (tertiary/aromatic N) is 4. The molecule has 42 heavy (non-hydrogen) atoms. The molecule has 0 aliphatic carbocycles. The normalized spacial score (nSPS) is 18.5. The summed E-state index contributed by atoms with van der Waals surface area (Å²) in [7, 11) is 0. The summed E-state index contributed by atoms with van der Waals surface area (Å²) in [6, 6.07) is 24.6. The molecule has 4 aromatic rings. The highest BCUT2D eigenvalue weighted by molar-refractivity contribution is 7.99. The fourth-order valence-corrected chi connectivity index (χ4v) is 5.45. The quantitative estimate of drug-likeness (QED) is 0.199. The van der Waals surface area contributed by atoms with Crippen LogP contribution in [0.3, 0.4) is 0 Å². The molecule has 3 atom stereocenters. The molecule has 0 saturated carbocycles. The average Bonchev–Trinajstić information content (AvgIpc) is 3.49. The van der Waals surface area contributed by atoms with Crippen LogP contribution >= 0.6 is 11.8 Å². The maximum atomic E-state index is 12.2. The predicted molar refractivity (Wildman–Crippen MR) is 155 cm³/mol. The van der Waals surface area contributed by atoms with Crippen molar-refractivity contribution in [1.29, 1.82) is 0 Å². The number of benzene rings is 3. The fraction of sp³-hybridized carbons (Fsp3) is 0.300. The second-order valence-electron chi connectivity index (χ2n) is 9.79. The number of rotatable bonds is 12. The van der Waals surface area contributed by atoms with E-state index < -0.39 is 12.3 Å². The SMILES string of the molecule is O=C(O)CCCC(=O)Nc1ccc([C@H]2O[C@@H](CSc3nnnn3-c3ccccc3)C[C@@H](c3ccc(CO)cc3)O2)cc1. The molecule has 0 radical (unpaired) electrons. The van der Waals surface area contributed by atoms with Gasteiger partial charge in [-0.25, -0.2) is 0 Å². The zero-order chi connectivity index (χ0) is 29.3. The molecule has 2 heterocycles. The van der Waals surface area contributed by atoms with Crippen molar-refractivity contribution in [3.8, 4) is 5.69 Å². The number of anilines is 1. The van der Waals surface area contributed by atoms with Gasteiger partial charge >= 0.3 is 5.97 Å². The van der Waals surface area contributed by atoms with Crippen molar-refractivity contribution >= 4 is 29.3 Å². The first kappa shape index (κ1) is 29.4. The van der Waals surface area contributed by atoms with Crippen LogP contribution in [-0.2, 0) is 25.7 Å². The average molecular weight is 590 g/mol. The number of carboxylic acid groups (broad SMARTS) is 1. The second-order valence-corrected chi connectivity index (χ2v) is 10.8. The minimum absolute atomic E-state index is 0.0324. The Morgan fingerprint density at radius 2 is 1.69 bits per heavy atom. The highest BCUT2D eigenvalue weighted by Gasteiger charge is 2.32. The van der Waals surface area contributed by atoms with E-state index in [9.17, 15) is 14.7 Å². The van der Waals surface area contributed by atoms with E-state index in [1.54, 1.807) is 16.8 Å². The van der Waals surface area contributed by atoms with Gasteiger partial charge in [0.25, 0.3) is 0 Å². The van der Waals surface area contributed by atoms with E-state index in [4.69, 9.17) is 14.6 Å². The number of aliphatic hydroxyl groups is 1. The predicted octanol–water partition coefficient (Wildman–Crippen LogP) is 4.69. The summed E-state index contributed by atoms with van der Waals surface area (Å²) < 4.78 is 14.5. The molecule has 1 aliphatic rings. The van der Waals surface area contributed by atoms with Crippen LogP contribution in [0.4, 0.5) is 5.69 Å². The number of carbonyl (C=O) groups excluding carboxylic acids is 1. The van der Waals surface area contributed by atoms with Gasteiger partial charge in [-0.3, -0.25) is 9.59 Å². The van der Waals surface area contributed by atoms with E-state index in [0.717, 1.165) is 22.4 Å². The van der Waals surface area contributed by atoms with Crippen LogP contribution in [0.5, 0.6) is 0 Å². The molecule has 218 valence electrons. The first-order chi connectivity index (χ1) is 20.5. The van der Waals surface area contributed by atoms with Crippen LogP contribution in [0.1, 0.15) is 54.8 Å². The van der Waals surface area contributed by atoms with E-state index in [2.05, 4.69) is 20.8 Å². The van der Waals surface area contributed by atoms with Crippen molar-refractivity contribution in [3.05, 3.63) is 95.6 Å². The molecule has 3 N–H and O–H groups in total. The van der Waals surface area contributed by atoms with Gasteiger partial charge in [0, 0.05) is 36.3 Å². The van der Waals surface area contributed by atoms with Crippen LogP contribution in [0.15, 0.2) is 84.0 Å². The number of thioether (sulfide) groups is 1. The smallest absolute Gasteiger partial charge is 0.303 e. The number of aliphatic carboxylic acids is 1. The fourth-order valence-electron chi connectivity index (χ4n) is 4.54. The van der Waals surface area contributed by atoms with Crippen molar-refractivity contribution in [1.82, 2.24) is 20.2 Å². The van der Waals surface area contributed by atoms with Crippen molar-refractivity contribution in [2.24, 2.45) is 0 Å². The van der Waals surface area contributed by atoms with Crippen molar-refractivity contribution in [3.63, 3.8) is 0 Å². The summed E-state index contributed by atoms with van der Waals surface area (Å²) in [6.45, 7) is -0.0324. The van der Waals surface area contributed by atoms with E-state index in [-0.39, 0.29) is 44.0 Å². The molecule has 1 aromatic heterocycles. The minimum Gasteiger partial charge on any atom is -0.481 e. The molecule has 3 aromatic carbocycles. The first-order valence-corrected chi connectivity index (χ1v) is 14.6. The summed E-state index contributed by atoms with van der Waals surface area (Å²) in [5, 5.41) is 33.9. The third kappa shape index (κ3) is 7.79. The van der Waals surface area contributed by atoms with Gasteiger partial charge in [0.1, 0.15) is 0 Å². The number of aliphatic hydroxyl groups excluding tert-OH is 1. The Balaban J connectivity index is 1.28. The van der Waals surface area contributed by atoms with Crippen LogP contribution in [0.2, 0.25) is 0 Å². The van der Waals surface area contributed by atoms with Crippen molar-refractivity contribution in [2.75, 3.05) is 11.1 Å². The highest BCUT2D eigenvalue weighted by atomic mass is 32.2. The summed E-state index contributed by atoms with van der Waals surface area (Å²) in [5.41, 5.74) is 4.06. The number of amides is 1. The molecule has 1 aliphatic heterocycles. The van der Waals surface area contributed by atoms with Crippen molar-refractivity contribution < 1.29 is 29.3 Å². The molecule has 1 saturated heterocycles. The van der Waals surface area contributed by atoms with Gasteiger partial charge in [0.15, 0.2) is 6.29 Å². The zero-order valence-electron chi connectivity index (χ0n) is 22.7.